The summed E-state index contributed by atoms with van der Waals surface area (Å²) in [6.45, 7) is 0.196. The Morgan fingerprint density at radius 1 is 0.592 bits per heavy atom. The highest BCUT2D eigenvalue weighted by molar-refractivity contribution is 5.66. The van der Waals surface area contributed by atoms with E-state index in [1.165, 1.54) is 83.5 Å². The van der Waals surface area contributed by atoms with Crippen molar-refractivity contribution in [1.82, 2.24) is 0 Å². The molecular weight excluding hydrogens is 652 g/mol. The zero-order valence-corrected chi connectivity index (χ0v) is 29.0. The molecule has 0 spiro atoms. The molecule has 0 saturated carbocycles. The standard InChI is InChI=1S/C18H36O2.C12H22O11.C3H8O3/c1-2-3-4-5-6-7-8-9-10-11-12-13-14-15-16-17-18(19)20;13-1-3-5(15)6(16)9(19)12(22-3)23-10-4(2-14)21-11(20)8(18)7(10)17;4-1-3(6)2-5/h2-17H2,1H3,(H,19,20);3-20H,1-2H2;3-6H,1-2H2/t;3-,4-,5+,6+,7-,8-,9-,10-,11?,12+;/m.1./s1. The molecule has 16 nitrogen and oxygen atoms in total. The topological polar surface area (TPSA) is 288 Å². The fraction of sp³-hybridized carbons (Fsp3) is 0.970. The maximum Gasteiger partial charge on any atom is 0.303 e. The van der Waals surface area contributed by atoms with Crippen molar-refractivity contribution in [2.45, 2.75) is 177 Å². The number of carboxylic acids is 1. The summed E-state index contributed by atoms with van der Waals surface area (Å²) >= 11 is 0. The third kappa shape index (κ3) is 20.5. The molecule has 294 valence electrons. The molecule has 2 rings (SSSR count). The minimum Gasteiger partial charge on any atom is -0.481 e. The van der Waals surface area contributed by atoms with Crippen LogP contribution in [0, 0.1) is 0 Å². The van der Waals surface area contributed by atoms with Crippen molar-refractivity contribution in [3.63, 3.8) is 0 Å². The molecule has 2 aliphatic heterocycles. The highest BCUT2D eigenvalue weighted by Gasteiger charge is 2.50. The van der Waals surface area contributed by atoms with Crippen LogP contribution in [0.3, 0.4) is 0 Å². The molecule has 0 radical (unpaired) electrons. The average molecular weight is 719 g/mol. The lowest BCUT2D eigenvalue weighted by atomic mass is 9.97. The summed E-state index contributed by atoms with van der Waals surface area (Å²) < 4.78 is 15.3. The number of aliphatic carboxylic acids is 1. The third-order valence-corrected chi connectivity index (χ3v) is 8.39. The Morgan fingerprint density at radius 2 is 1.04 bits per heavy atom. The summed E-state index contributed by atoms with van der Waals surface area (Å²) in [5.74, 6) is -0.653. The van der Waals surface area contributed by atoms with Crippen LogP contribution < -0.4 is 0 Å². The maximum atomic E-state index is 10.3. The van der Waals surface area contributed by atoms with Gasteiger partial charge < -0.3 is 75.5 Å². The van der Waals surface area contributed by atoms with Gasteiger partial charge in [0.25, 0.3) is 0 Å². The number of unbranched alkanes of at least 4 members (excludes halogenated alkanes) is 14. The summed E-state index contributed by atoms with van der Waals surface area (Å²) in [6.07, 6.45) is 3.68. The Hall–Kier alpha value is -1.09. The van der Waals surface area contributed by atoms with Crippen LogP contribution in [0.1, 0.15) is 110 Å². The highest BCUT2D eigenvalue weighted by atomic mass is 16.7. The molecule has 2 heterocycles. The van der Waals surface area contributed by atoms with E-state index in [9.17, 15) is 40.5 Å². The second-order valence-corrected chi connectivity index (χ2v) is 12.6. The van der Waals surface area contributed by atoms with Crippen molar-refractivity contribution in [3.05, 3.63) is 0 Å². The second kappa shape index (κ2) is 29.5. The van der Waals surface area contributed by atoms with Gasteiger partial charge in [-0.15, -0.1) is 0 Å². The SMILES string of the molecule is CCCCCCCCCCCCCCCCCC(=O)O.OCC(O)CO.OC[C@H]1O[C@@H](O[C@H]2[C@H](O)[C@@H](O)C(O)O[C@@H]2CO)[C@H](O)[C@@H](O)[C@H]1O. The lowest BCUT2D eigenvalue weighted by Gasteiger charge is -2.45. The number of carboxylic acid groups (broad SMARTS) is 1. The third-order valence-electron chi connectivity index (χ3n) is 8.39. The Morgan fingerprint density at radius 3 is 1.43 bits per heavy atom. The molecule has 10 atom stereocenters. The molecule has 0 aromatic heterocycles. The van der Waals surface area contributed by atoms with Crippen LogP contribution in [0.4, 0.5) is 0 Å². The first kappa shape index (κ1) is 47.9. The van der Waals surface area contributed by atoms with Gasteiger partial charge in [-0.1, -0.05) is 96.8 Å². The highest BCUT2D eigenvalue weighted by Crippen LogP contribution is 2.28. The molecule has 0 bridgehead atoms. The molecule has 2 saturated heterocycles. The van der Waals surface area contributed by atoms with Crippen LogP contribution >= 0.6 is 0 Å². The fourth-order valence-electron chi connectivity index (χ4n) is 5.27. The summed E-state index contributed by atoms with van der Waals surface area (Å²) in [6, 6.07) is 0. The second-order valence-electron chi connectivity index (χ2n) is 12.6. The molecule has 1 unspecified atom stereocenters. The van der Waals surface area contributed by atoms with Gasteiger partial charge in [0, 0.05) is 6.42 Å². The minimum atomic E-state index is -1.74. The number of aliphatic hydroxyl groups is 11. The molecule has 16 heteroatoms. The van der Waals surface area contributed by atoms with Crippen molar-refractivity contribution in [3.8, 4) is 0 Å². The minimum absolute atomic E-state index is 0.345. The number of ether oxygens (including phenoxy) is 3. The average Bonchev–Trinajstić information content (AvgIpc) is 3.10. The molecule has 0 aromatic rings. The van der Waals surface area contributed by atoms with E-state index in [0.717, 1.165) is 12.8 Å². The first-order valence-corrected chi connectivity index (χ1v) is 17.8. The predicted molar refractivity (Wildman–Crippen MR) is 176 cm³/mol. The van der Waals surface area contributed by atoms with Gasteiger partial charge in [0.2, 0.25) is 0 Å². The summed E-state index contributed by atoms with van der Waals surface area (Å²) in [7, 11) is 0. The summed E-state index contributed by atoms with van der Waals surface area (Å²) in [4.78, 5) is 10.3. The van der Waals surface area contributed by atoms with Gasteiger partial charge in [0.1, 0.15) is 54.9 Å². The van der Waals surface area contributed by atoms with Crippen molar-refractivity contribution in [2.24, 2.45) is 0 Å². The zero-order chi connectivity index (χ0) is 37.2. The first-order chi connectivity index (χ1) is 23.4. The quantitative estimate of drug-likeness (QED) is 0.0614. The Kier molecular flexibility index (Phi) is 28.8. The molecule has 49 heavy (non-hydrogen) atoms. The van der Waals surface area contributed by atoms with Crippen LogP contribution in [-0.2, 0) is 19.0 Å². The number of carbonyl (C=O) groups is 1. The number of hydrogen-bond donors (Lipinski definition) is 12. The number of aliphatic hydroxyl groups excluding tert-OH is 11. The van der Waals surface area contributed by atoms with Crippen molar-refractivity contribution in [2.75, 3.05) is 26.4 Å². The van der Waals surface area contributed by atoms with Gasteiger partial charge in [-0.2, -0.15) is 0 Å². The van der Waals surface area contributed by atoms with Gasteiger partial charge in [-0.05, 0) is 6.42 Å². The van der Waals surface area contributed by atoms with Gasteiger partial charge in [-0.3, -0.25) is 4.79 Å². The largest absolute Gasteiger partial charge is 0.481 e. The van der Waals surface area contributed by atoms with E-state index in [1.807, 2.05) is 0 Å². The lowest BCUT2D eigenvalue weighted by molar-refractivity contribution is -0.355. The smallest absolute Gasteiger partial charge is 0.303 e. The van der Waals surface area contributed by atoms with E-state index < -0.39 is 86.7 Å². The lowest BCUT2D eigenvalue weighted by Crippen LogP contribution is -2.64. The monoisotopic (exact) mass is 718 g/mol. The van der Waals surface area contributed by atoms with Crippen molar-refractivity contribution in [1.29, 1.82) is 0 Å². The van der Waals surface area contributed by atoms with Crippen LogP contribution in [0.15, 0.2) is 0 Å². The fourth-order valence-corrected chi connectivity index (χ4v) is 5.27. The number of rotatable bonds is 22. The molecule has 12 N–H and O–H groups in total. The van der Waals surface area contributed by atoms with E-state index in [-0.39, 0.29) is 13.2 Å². The van der Waals surface area contributed by atoms with Crippen LogP contribution in [0.25, 0.3) is 0 Å². The predicted octanol–water partition coefficient (Wildman–Crippen LogP) is -0.733. The van der Waals surface area contributed by atoms with Crippen LogP contribution in [0.2, 0.25) is 0 Å². The Balaban J connectivity index is 0.000000813. The normalized spacial score (nSPS) is 29.9. The maximum absolute atomic E-state index is 10.3. The van der Waals surface area contributed by atoms with Crippen LogP contribution in [0.5, 0.6) is 0 Å². The summed E-state index contributed by atoms with van der Waals surface area (Å²) in [5, 5.41) is 109. The Labute approximate surface area is 289 Å². The molecule has 0 aromatic carbocycles. The molecule has 2 fully saturated rings. The Bertz CT molecular complexity index is 771. The van der Waals surface area contributed by atoms with Crippen molar-refractivity contribution >= 4 is 5.97 Å². The first-order valence-electron chi connectivity index (χ1n) is 17.8. The number of hydrogen-bond acceptors (Lipinski definition) is 15. The van der Waals surface area contributed by atoms with E-state index in [2.05, 4.69) is 6.92 Å². The van der Waals surface area contributed by atoms with Crippen LogP contribution in [-0.4, -0.2) is 161 Å². The van der Waals surface area contributed by atoms with Crippen molar-refractivity contribution < 1.29 is 80.3 Å². The molecule has 2 aliphatic rings. The zero-order valence-electron chi connectivity index (χ0n) is 29.0. The van der Waals surface area contributed by atoms with E-state index in [0.29, 0.717) is 6.42 Å². The summed E-state index contributed by atoms with van der Waals surface area (Å²) in [5.41, 5.74) is 0. The molecular formula is C33H66O16. The van der Waals surface area contributed by atoms with Gasteiger partial charge in [-0.25, -0.2) is 0 Å². The van der Waals surface area contributed by atoms with E-state index in [4.69, 9.17) is 39.7 Å². The van der Waals surface area contributed by atoms with Gasteiger partial charge >= 0.3 is 5.97 Å². The molecule has 0 aliphatic carbocycles. The molecule has 0 amide bonds. The van der Waals surface area contributed by atoms with E-state index >= 15 is 0 Å². The van der Waals surface area contributed by atoms with E-state index in [1.54, 1.807) is 0 Å². The van der Waals surface area contributed by atoms with Gasteiger partial charge in [0.15, 0.2) is 12.6 Å². The van der Waals surface area contributed by atoms with Gasteiger partial charge in [0.05, 0.1) is 26.4 Å².